The Kier molecular flexibility index (Phi) is 5.89. The van der Waals surface area contributed by atoms with Gasteiger partial charge in [-0.05, 0) is 24.5 Å². The highest BCUT2D eigenvalue weighted by Crippen LogP contribution is 2.31. The zero-order valence-electron chi connectivity index (χ0n) is 10.9. The van der Waals surface area contributed by atoms with E-state index in [1.165, 1.54) is 0 Å². The van der Waals surface area contributed by atoms with E-state index in [4.69, 9.17) is 0 Å². The third kappa shape index (κ3) is 4.95. The minimum Gasteiger partial charge on any atom is -0.481 e. The summed E-state index contributed by atoms with van der Waals surface area (Å²) in [4.78, 5) is 23.4. The molecule has 0 bridgehead atoms. The van der Waals surface area contributed by atoms with Gasteiger partial charge in [0.15, 0.2) is 0 Å². The maximum absolute atomic E-state index is 11.3. The van der Waals surface area contributed by atoms with Crippen molar-refractivity contribution in [3.05, 3.63) is 30.3 Å². The Labute approximate surface area is 116 Å². The molecule has 1 aromatic rings. The Morgan fingerprint density at radius 2 is 1.68 bits per heavy atom. The second-order valence-electron chi connectivity index (χ2n) is 4.76. The Morgan fingerprint density at radius 3 is 2.11 bits per heavy atom. The fraction of sp³-hybridized carbons (Fsp3) is 0.429. The number of carboxylic acids is 2. The summed E-state index contributed by atoms with van der Waals surface area (Å²) in [6.07, 6.45) is 0.353. The van der Waals surface area contributed by atoms with E-state index < -0.39 is 23.1 Å². The average Bonchev–Trinajstić information content (AvgIpc) is 2.34. The monoisotopic (exact) mass is 282 g/mol. The molecule has 0 aromatic heterocycles. The number of rotatable bonds is 7. The lowest BCUT2D eigenvalue weighted by atomic mass is 9.94. The second-order valence-corrected chi connectivity index (χ2v) is 5.98. The smallest absolute Gasteiger partial charge is 0.317 e. The van der Waals surface area contributed by atoms with E-state index in [0.29, 0.717) is 6.42 Å². The van der Waals surface area contributed by atoms with Crippen LogP contribution in [0.25, 0.3) is 0 Å². The molecule has 0 aliphatic carbocycles. The first-order valence-electron chi connectivity index (χ1n) is 6.09. The van der Waals surface area contributed by atoms with Gasteiger partial charge in [0.2, 0.25) is 0 Å². The summed E-state index contributed by atoms with van der Waals surface area (Å²) < 4.78 is 0. The number of thioether (sulfide) groups is 1. The number of carboxylic acid groups (broad SMARTS) is 2. The third-order valence-corrected chi connectivity index (χ3v) is 3.99. The first-order chi connectivity index (χ1) is 8.91. The molecular weight excluding hydrogens is 264 g/mol. The SMILES string of the molecule is CC(C)CC(C(=O)O)C(Sc1ccccc1)C(=O)O. The van der Waals surface area contributed by atoms with Crippen LogP contribution >= 0.6 is 11.8 Å². The van der Waals surface area contributed by atoms with Crippen molar-refractivity contribution >= 4 is 23.7 Å². The first-order valence-corrected chi connectivity index (χ1v) is 6.97. The summed E-state index contributed by atoms with van der Waals surface area (Å²) in [6.45, 7) is 3.78. The highest BCUT2D eigenvalue weighted by Gasteiger charge is 2.35. The van der Waals surface area contributed by atoms with Gasteiger partial charge < -0.3 is 10.2 Å². The molecule has 2 N–H and O–H groups in total. The molecule has 0 amide bonds. The largest absolute Gasteiger partial charge is 0.481 e. The van der Waals surface area contributed by atoms with E-state index in [1.54, 1.807) is 24.3 Å². The topological polar surface area (TPSA) is 74.6 Å². The standard InChI is InChI=1S/C14H18O4S/c1-9(2)8-11(13(15)16)12(14(17)18)19-10-6-4-3-5-7-10/h3-7,9,11-12H,8H2,1-2H3,(H,15,16)(H,17,18). The van der Waals surface area contributed by atoms with Crippen LogP contribution in [-0.2, 0) is 9.59 Å². The zero-order valence-corrected chi connectivity index (χ0v) is 11.8. The highest BCUT2D eigenvalue weighted by molar-refractivity contribution is 8.00. The number of hydrogen-bond donors (Lipinski definition) is 2. The molecule has 1 aromatic carbocycles. The van der Waals surface area contributed by atoms with E-state index >= 15 is 0 Å². The normalized spacial score (nSPS) is 14.1. The van der Waals surface area contributed by atoms with Crippen LogP contribution in [0.2, 0.25) is 0 Å². The molecule has 19 heavy (non-hydrogen) atoms. The molecule has 0 aliphatic heterocycles. The van der Waals surface area contributed by atoms with Gasteiger partial charge in [-0.1, -0.05) is 32.0 Å². The van der Waals surface area contributed by atoms with Crippen LogP contribution in [0.15, 0.2) is 35.2 Å². The average molecular weight is 282 g/mol. The van der Waals surface area contributed by atoms with Crippen LogP contribution in [0.5, 0.6) is 0 Å². The molecule has 0 fully saturated rings. The quantitative estimate of drug-likeness (QED) is 0.752. The van der Waals surface area contributed by atoms with Gasteiger partial charge in [0.1, 0.15) is 5.25 Å². The van der Waals surface area contributed by atoms with Crippen molar-refractivity contribution in [1.29, 1.82) is 0 Å². The van der Waals surface area contributed by atoms with Gasteiger partial charge in [0.25, 0.3) is 0 Å². The Bertz CT molecular complexity index is 430. The van der Waals surface area contributed by atoms with Crippen molar-refractivity contribution < 1.29 is 19.8 Å². The summed E-state index contributed by atoms with van der Waals surface area (Å²) >= 11 is 1.09. The molecule has 1 rings (SSSR count). The maximum Gasteiger partial charge on any atom is 0.317 e. The number of aliphatic carboxylic acids is 2. The lowest BCUT2D eigenvalue weighted by Gasteiger charge is -2.21. The third-order valence-electron chi connectivity index (χ3n) is 2.66. The van der Waals surface area contributed by atoms with E-state index in [9.17, 15) is 19.8 Å². The van der Waals surface area contributed by atoms with Gasteiger partial charge in [-0.3, -0.25) is 9.59 Å². The molecule has 104 valence electrons. The Hall–Kier alpha value is -1.49. The van der Waals surface area contributed by atoms with Crippen LogP contribution in [0.3, 0.4) is 0 Å². The van der Waals surface area contributed by atoms with Gasteiger partial charge in [0, 0.05) is 4.90 Å². The number of benzene rings is 1. The fourth-order valence-corrected chi connectivity index (χ4v) is 2.91. The summed E-state index contributed by atoms with van der Waals surface area (Å²) in [7, 11) is 0. The van der Waals surface area contributed by atoms with Crippen molar-refractivity contribution in [2.45, 2.75) is 30.4 Å². The summed E-state index contributed by atoms with van der Waals surface area (Å²) in [6, 6.07) is 9.02. The van der Waals surface area contributed by atoms with E-state index in [1.807, 2.05) is 19.9 Å². The van der Waals surface area contributed by atoms with Crippen LogP contribution in [0.4, 0.5) is 0 Å². The second kappa shape index (κ2) is 7.19. The van der Waals surface area contributed by atoms with E-state index in [0.717, 1.165) is 16.7 Å². The van der Waals surface area contributed by atoms with Gasteiger partial charge in [-0.25, -0.2) is 0 Å². The van der Waals surface area contributed by atoms with Crippen molar-refractivity contribution in [2.24, 2.45) is 11.8 Å². The maximum atomic E-state index is 11.3. The number of hydrogen-bond acceptors (Lipinski definition) is 3. The van der Waals surface area contributed by atoms with Crippen molar-refractivity contribution in [1.82, 2.24) is 0 Å². The molecule has 0 spiro atoms. The summed E-state index contributed by atoms with van der Waals surface area (Å²) in [5.41, 5.74) is 0. The van der Waals surface area contributed by atoms with E-state index in [-0.39, 0.29) is 5.92 Å². The molecular formula is C14H18O4S. The van der Waals surface area contributed by atoms with Crippen molar-refractivity contribution in [3.63, 3.8) is 0 Å². The minimum atomic E-state index is -1.08. The molecule has 0 heterocycles. The predicted molar refractivity (Wildman–Crippen MR) is 74.3 cm³/mol. The molecule has 0 saturated heterocycles. The zero-order chi connectivity index (χ0) is 14.4. The van der Waals surface area contributed by atoms with Crippen LogP contribution in [-0.4, -0.2) is 27.4 Å². The molecule has 0 aliphatic rings. The van der Waals surface area contributed by atoms with Gasteiger partial charge in [-0.15, -0.1) is 11.8 Å². The molecule has 2 unspecified atom stereocenters. The van der Waals surface area contributed by atoms with Crippen molar-refractivity contribution in [2.75, 3.05) is 0 Å². The fourth-order valence-electron chi connectivity index (χ4n) is 1.81. The Morgan fingerprint density at radius 1 is 1.11 bits per heavy atom. The molecule has 4 nitrogen and oxygen atoms in total. The van der Waals surface area contributed by atoms with Gasteiger partial charge in [-0.2, -0.15) is 0 Å². The lowest BCUT2D eigenvalue weighted by molar-refractivity contribution is -0.148. The lowest BCUT2D eigenvalue weighted by Crippen LogP contribution is -2.33. The van der Waals surface area contributed by atoms with Crippen LogP contribution < -0.4 is 0 Å². The predicted octanol–water partition coefficient (Wildman–Crippen LogP) is 2.98. The molecule has 0 saturated carbocycles. The first kappa shape index (κ1) is 15.6. The van der Waals surface area contributed by atoms with Crippen LogP contribution in [0.1, 0.15) is 20.3 Å². The van der Waals surface area contributed by atoms with Gasteiger partial charge in [0.05, 0.1) is 5.92 Å². The van der Waals surface area contributed by atoms with E-state index in [2.05, 4.69) is 0 Å². The molecule has 5 heteroatoms. The Balaban J connectivity index is 2.91. The summed E-state index contributed by atoms with van der Waals surface area (Å²) in [5.74, 6) is -2.88. The van der Waals surface area contributed by atoms with Crippen LogP contribution in [0, 0.1) is 11.8 Å². The summed E-state index contributed by atoms with van der Waals surface area (Å²) in [5, 5.41) is 17.6. The van der Waals surface area contributed by atoms with Gasteiger partial charge >= 0.3 is 11.9 Å². The highest BCUT2D eigenvalue weighted by atomic mass is 32.2. The number of carbonyl (C=O) groups is 2. The molecule has 2 atom stereocenters. The minimum absolute atomic E-state index is 0.138. The van der Waals surface area contributed by atoms with Crippen molar-refractivity contribution in [3.8, 4) is 0 Å². The molecule has 0 radical (unpaired) electrons.